The van der Waals surface area contributed by atoms with Gasteiger partial charge in [-0.05, 0) is 96.3 Å². The molecule has 0 aliphatic carbocycles. The van der Waals surface area contributed by atoms with E-state index in [1.54, 1.807) is 0 Å². The second kappa shape index (κ2) is 47.9. The summed E-state index contributed by atoms with van der Waals surface area (Å²) in [6.45, 7) is 5.43. The van der Waals surface area contributed by atoms with Gasteiger partial charge in [-0.25, -0.2) is 4.57 Å². The molecule has 8 nitrogen and oxygen atoms in total. The molecular formula is C56H99NO7P+. The van der Waals surface area contributed by atoms with E-state index in [9.17, 15) is 14.3 Å². The van der Waals surface area contributed by atoms with Gasteiger partial charge in [0.25, 0.3) is 0 Å². The van der Waals surface area contributed by atoms with Gasteiger partial charge < -0.3 is 18.9 Å². The van der Waals surface area contributed by atoms with Crippen molar-refractivity contribution >= 4 is 13.8 Å². The van der Waals surface area contributed by atoms with Crippen molar-refractivity contribution < 1.29 is 37.3 Å². The lowest BCUT2D eigenvalue weighted by Gasteiger charge is -2.24. The number of ether oxygens (including phenoxy) is 2. The summed E-state index contributed by atoms with van der Waals surface area (Å²) < 4.78 is 35.1. The summed E-state index contributed by atoms with van der Waals surface area (Å²) in [7, 11) is 1.64. The molecule has 2 unspecified atom stereocenters. The molecule has 0 fully saturated rings. The van der Waals surface area contributed by atoms with Crippen molar-refractivity contribution in [3.05, 3.63) is 97.2 Å². The van der Waals surface area contributed by atoms with E-state index in [0.29, 0.717) is 24.1 Å². The number of quaternary nitrogens is 1. The summed E-state index contributed by atoms with van der Waals surface area (Å²) in [6, 6.07) is 0. The van der Waals surface area contributed by atoms with E-state index in [-0.39, 0.29) is 25.8 Å². The molecule has 0 aromatic rings. The Labute approximate surface area is 400 Å². The second-order valence-electron chi connectivity index (χ2n) is 18.2. The number of esters is 1. The average molecular weight is 929 g/mol. The Hall–Kier alpha value is -2.58. The van der Waals surface area contributed by atoms with Crippen molar-refractivity contribution in [3.63, 3.8) is 0 Å². The summed E-state index contributed by atoms with van der Waals surface area (Å²) in [6.07, 6.45) is 65.9. The van der Waals surface area contributed by atoms with Gasteiger partial charge in [0.2, 0.25) is 0 Å². The van der Waals surface area contributed by atoms with Crippen LogP contribution in [-0.2, 0) is 27.9 Å². The number of unbranched alkanes of at least 4 members (excludes halogenated alkanes) is 17. The predicted octanol–water partition coefficient (Wildman–Crippen LogP) is 16.2. The van der Waals surface area contributed by atoms with Gasteiger partial charge in [-0.3, -0.25) is 13.8 Å². The molecule has 0 amide bonds. The van der Waals surface area contributed by atoms with Gasteiger partial charge in [-0.2, -0.15) is 0 Å². The SMILES string of the molecule is CC/C=C\C/C=C\C/C=C\C/C=C\C/C=C\CCCCCCCCCCOCC(COP(=O)(O)OCC[N+](C)(C)C)OC(=O)CCCCCCCC/C=C\C/C=C\C/C=C\CCCCC. The van der Waals surface area contributed by atoms with E-state index in [0.717, 1.165) is 96.3 Å². The standard InChI is InChI=1S/C56H98NO7P/c1-6-8-10-12-14-16-18-20-22-24-26-27-28-29-30-32-34-36-38-40-42-44-46-48-51-61-53-55(54-63-65(59,60)62-52-50-57(3,4)5)64-56(58)49-47-45-43-41-39-37-35-33-31-25-23-21-19-17-15-13-11-9-7-2/h8,10,14-17,20-23,26-27,29-31,33,55H,6-7,9,11-13,18-19,24-25,28,32,34-54H2,1-5H3/p+1/b10-8-,16-14-,17-15-,22-20-,23-21-,27-26-,30-29-,33-31-. The fourth-order valence-electron chi connectivity index (χ4n) is 6.64. The summed E-state index contributed by atoms with van der Waals surface area (Å²) >= 11 is 0. The minimum Gasteiger partial charge on any atom is -0.457 e. The van der Waals surface area contributed by atoms with Gasteiger partial charge in [0.15, 0.2) is 0 Å². The zero-order chi connectivity index (χ0) is 47.6. The van der Waals surface area contributed by atoms with Crippen LogP contribution >= 0.6 is 7.82 Å². The predicted molar refractivity (Wildman–Crippen MR) is 279 cm³/mol. The smallest absolute Gasteiger partial charge is 0.457 e. The van der Waals surface area contributed by atoms with E-state index < -0.39 is 13.9 Å². The number of carbonyl (C=O) groups is 1. The molecule has 374 valence electrons. The van der Waals surface area contributed by atoms with Crippen LogP contribution in [0.15, 0.2) is 97.2 Å². The molecule has 65 heavy (non-hydrogen) atoms. The molecule has 1 N–H and O–H groups in total. The number of nitrogens with zero attached hydrogens (tertiary/aromatic N) is 1. The molecule has 0 aromatic carbocycles. The van der Waals surface area contributed by atoms with Crippen molar-refractivity contribution in [2.24, 2.45) is 0 Å². The molecule has 0 rings (SSSR count). The zero-order valence-electron chi connectivity index (χ0n) is 42.4. The number of phosphoric acid groups is 1. The molecule has 2 atom stereocenters. The molecule has 0 saturated heterocycles. The maximum Gasteiger partial charge on any atom is 0.472 e. The Bertz CT molecular complexity index is 1360. The maximum absolute atomic E-state index is 12.8. The highest BCUT2D eigenvalue weighted by Crippen LogP contribution is 2.43. The third-order valence-electron chi connectivity index (χ3n) is 10.6. The average Bonchev–Trinajstić information content (AvgIpc) is 3.27. The number of rotatable bonds is 47. The van der Waals surface area contributed by atoms with Crippen LogP contribution in [0.3, 0.4) is 0 Å². The first kappa shape index (κ1) is 62.4. The van der Waals surface area contributed by atoms with Crippen molar-refractivity contribution in [2.45, 2.75) is 200 Å². The first-order valence-corrected chi connectivity index (χ1v) is 27.5. The number of allylic oxidation sites excluding steroid dienone is 16. The number of likely N-dealkylation sites (N-methyl/N-ethyl adjacent to an activating group) is 1. The topological polar surface area (TPSA) is 91.3 Å². The Balaban J connectivity index is 4.21. The van der Waals surface area contributed by atoms with Gasteiger partial charge in [0.1, 0.15) is 19.3 Å². The van der Waals surface area contributed by atoms with Crippen LogP contribution in [0.2, 0.25) is 0 Å². The van der Waals surface area contributed by atoms with E-state index in [1.165, 1.54) is 77.0 Å². The summed E-state index contributed by atoms with van der Waals surface area (Å²) in [4.78, 5) is 23.0. The largest absolute Gasteiger partial charge is 0.472 e. The summed E-state index contributed by atoms with van der Waals surface area (Å²) in [5.41, 5.74) is 0. The highest BCUT2D eigenvalue weighted by molar-refractivity contribution is 7.47. The van der Waals surface area contributed by atoms with Gasteiger partial charge in [-0.15, -0.1) is 0 Å². The number of hydrogen-bond donors (Lipinski definition) is 1. The van der Waals surface area contributed by atoms with Crippen LogP contribution < -0.4 is 0 Å². The summed E-state index contributed by atoms with van der Waals surface area (Å²) in [5.74, 6) is -0.332. The van der Waals surface area contributed by atoms with Crippen LogP contribution in [0.25, 0.3) is 0 Å². The zero-order valence-corrected chi connectivity index (χ0v) is 43.3. The molecule has 0 saturated carbocycles. The van der Waals surface area contributed by atoms with Crippen molar-refractivity contribution in [1.29, 1.82) is 0 Å². The Morgan fingerprint density at radius 2 is 0.892 bits per heavy atom. The monoisotopic (exact) mass is 929 g/mol. The Morgan fingerprint density at radius 3 is 1.34 bits per heavy atom. The van der Waals surface area contributed by atoms with Gasteiger partial charge >= 0.3 is 13.8 Å². The Morgan fingerprint density at radius 1 is 0.492 bits per heavy atom. The molecular weight excluding hydrogens is 830 g/mol. The molecule has 0 aliphatic rings. The first-order valence-electron chi connectivity index (χ1n) is 26.0. The first-order chi connectivity index (χ1) is 31.6. The van der Waals surface area contributed by atoms with Crippen LogP contribution in [0.4, 0.5) is 0 Å². The fraction of sp³-hybridized carbons (Fsp3) is 0.696. The van der Waals surface area contributed by atoms with Crippen LogP contribution in [0.5, 0.6) is 0 Å². The maximum atomic E-state index is 12.8. The lowest BCUT2D eigenvalue weighted by molar-refractivity contribution is -0.870. The minimum atomic E-state index is -4.29. The normalized spacial score (nSPS) is 14.4. The number of hydrogen-bond acceptors (Lipinski definition) is 6. The van der Waals surface area contributed by atoms with E-state index >= 15 is 0 Å². The van der Waals surface area contributed by atoms with Gasteiger partial charge in [-0.1, -0.05) is 188 Å². The quantitative estimate of drug-likeness (QED) is 0.0214. The molecule has 0 heterocycles. The van der Waals surface area contributed by atoms with Crippen LogP contribution in [0.1, 0.15) is 194 Å². The molecule has 0 spiro atoms. The molecule has 0 aromatic heterocycles. The lowest BCUT2D eigenvalue weighted by atomic mass is 10.1. The molecule has 0 bridgehead atoms. The molecule has 0 aliphatic heterocycles. The molecule has 9 heteroatoms. The third-order valence-corrected chi connectivity index (χ3v) is 11.6. The summed E-state index contributed by atoms with van der Waals surface area (Å²) in [5, 5.41) is 0. The lowest BCUT2D eigenvalue weighted by Crippen LogP contribution is -2.37. The van der Waals surface area contributed by atoms with Crippen LogP contribution in [-0.4, -0.2) is 75.6 Å². The van der Waals surface area contributed by atoms with Crippen molar-refractivity contribution in [1.82, 2.24) is 0 Å². The van der Waals surface area contributed by atoms with E-state index in [1.807, 2.05) is 21.1 Å². The highest BCUT2D eigenvalue weighted by Gasteiger charge is 2.26. The van der Waals surface area contributed by atoms with Gasteiger partial charge in [0, 0.05) is 13.0 Å². The second-order valence-corrected chi connectivity index (χ2v) is 19.6. The van der Waals surface area contributed by atoms with Gasteiger partial charge in [0.05, 0.1) is 34.4 Å². The van der Waals surface area contributed by atoms with Crippen LogP contribution in [0, 0.1) is 0 Å². The Kier molecular flexibility index (Phi) is 46.0. The number of carbonyl (C=O) groups excluding carboxylic acids is 1. The minimum absolute atomic E-state index is 0.0786. The molecule has 0 radical (unpaired) electrons. The van der Waals surface area contributed by atoms with Crippen molar-refractivity contribution in [3.8, 4) is 0 Å². The van der Waals surface area contributed by atoms with E-state index in [2.05, 4.69) is 111 Å². The fourth-order valence-corrected chi connectivity index (χ4v) is 7.39. The highest BCUT2D eigenvalue weighted by atomic mass is 31.2. The number of phosphoric ester groups is 1. The third kappa shape index (κ3) is 52.3. The van der Waals surface area contributed by atoms with Crippen molar-refractivity contribution in [2.75, 3.05) is 54.1 Å². The van der Waals surface area contributed by atoms with E-state index in [4.69, 9.17) is 18.5 Å².